The molecule has 129 heavy (non-hydrogen) atoms. The van der Waals surface area contributed by atoms with Gasteiger partial charge in [0.05, 0.1) is 17.3 Å². The van der Waals surface area contributed by atoms with Crippen molar-refractivity contribution in [3.63, 3.8) is 0 Å². The van der Waals surface area contributed by atoms with Crippen LogP contribution in [0.5, 0.6) is 34.5 Å². The Morgan fingerprint density at radius 1 is 0.256 bits per heavy atom. The summed E-state index contributed by atoms with van der Waals surface area (Å²) in [6.45, 7) is 16.7. The van der Waals surface area contributed by atoms with Crippen LogP contribution in [0.4, 0.5) is 13.2 Å². The number of carbonyl (C=O) groups excluding carboxylic acids is 6. The smallest absolute Gasteiger partial charge is 0.426 e. The van der Waals surface area contributed by atoms with E-state index >= 15 is 0 Å². The van der Waals surface area contributed by atoms with Crippen LogP contribution in [0.2, 0.25) is 0 Å². The molecule has 0 radical (unpaired) electrons. The molecule has 0 unspecified atom stereocenters. The third kappa shape index (κ3) is 25.6. The summed E-state index contributed by atoms with van der Waals surface area (Å²) < 4.78 is 69.5. The maximum Gasteiger partial charge on any atom is 0.491 e. The molecule has 0 bridgehead atoms. The molecule has 0 saturated carbocycles. The normalized spacial score (nSPS) is 16.0. The fourth-order valence-electron chi connectivity index (χ4n) is 16.5. The minimum Gasteiger partial charge on any atom is -0.426 e. The topological polar surface area (TPSA) is 158 Å². The lowest BCUT2D eigenvalue weighted by atomic mass is 9.97. The second-order valence-electron chi connectivity index (χ2n) is 34.7. The Balaban J connectivity index is 0.000000132. The van der Waals surface area contributed by atoms with Crippen LogP contribution in [0.3, 0.4) is 0 Å². The summed E-state index contributed by atoms with van der Waals surface area (Å²) >= 11 is 0. The van der Waals surface area contributed by atoms with E-state index in [1.54, 1.807) is 18.2 Å². The van der Waals surface area contributed by atoms with Gasteiger partial charge in [0.1, 0.15) is 104 Å². The summed E-state index contributed by atoms with van der Waals surface area (Å²) in [6, 6.07) is 72.7. The number of esters is 6. The van der Waals surface area contributed by atoms with Crippen molar-refractivity contribution in [2.45, 2.75) is 207 Å². The second kappa shape index (κ2) is 46.8. The van der Waals surface area contributed by atoms with Gasteiger partial charge in [-0.1, -0.05) is 151 Å². The van der Waals surface area contributed by atoms with Crippen LogP contribution >= 0.6 is 0 Å². The lowest BCUT2D eigenvalue weighted by Crippen LogP contribution is -2.28. The van der Waals surface area contributed by atoms with Crippen LogP contribution < -0.4 is 28.4 Å². The van der Waals surface area contributed by atoms with Crippen molar-refractivity contribution in [2.24, 2.45) is 17.3 Å². The molecule has 12 aromatic rings. The number of carbonyl (C=O) groups is 6. The van der Waals surface area contributed by atoms with Gasteiger partial charge in [0.15, 0.2) is 29.4 Å². The minimum absolute atomic E-state index is 0.0375. The van der Waals surface area contributed by atoms with Gasteiger partial charge in [-0.2, -0.15) is 13.2 Å². The average Bonchev–Trinajstić information content (AvgIpc) is 1.49. The van der Waals surface area contributed by atoms with Crippen molar-refractivity contribution < 1.29 is 70.4 Å². The summed E-state index contributed by atoms with van der Waals surface area (Å²) in [6.07, 6.45) is 15.6. The van der Waals surface area contributed by atoms with Crippen molar-refractivity contribution in [2.75, 3.05) is 69.0 Å². The van der Waals surface area contributed by atoms with Crippen LogP contribution in [-0.2, 0) is 94.1 Å². The summed E-state index contributed by atoms with van der Waals surface area (Å²) in [5.41, 5.74) is -0.495. The van der Waals surface area contributed by atoms with Crippen molar-refractivity contribution in [1.82, 2.24) is 0 Å². The average molecular weight is 1860 g/mol. The molecule has 0 N–H and O–H groups in total. The lowest BCUT2D eigenvalue weighted by molar-refractivity contribution is -0.189. The Morgan fingerprint density at radius 3 is 0.620 bits per heavy atom. The van der Waals surface area contributed by atoms with Gasteiger partial charge in [-0.25, -0.2) is 4.79 Å². The van der Waals surface area contributed by atoms with E-state index in [1.807, 2.05) is 135 Å². The van der Waals surface area contributed by atoms with Crippen molar-refractivity contribution >= 4 is 166 Å². The number of rotatable bonds is 16. The zero-order chi connectivity index (χ0) is 91.1. The van der Waals surface area contributed by atoms with Gasteiger partial charge >= 0.3 is 42.0 Å². The molecule has 0 aromatic heterocycles. The Labute approximate surface area is 776 Å². The molecule has 18 rings (SSSR count). The SMILES string of the molecule is CC(C)(C)C(=O)Oc1ccc([S+]2CCCCC2)c2ccccc12.CC(C)C(=O)Oc1ccc([S+]2CCCC2)c2ccccc12.CC(C)C(=O)Oc1ccc([S+]2CCCCC2)c2ccccc12.CCC(=O)Oc1ccc([S+]2CCCC2)c2ccccc12.CCC(=O)Oc1ccc([S+]2CCCCC2)c2ccccc12.O=C(Oc1ccc([S+]2CCCC2)c2ccccc12)C(F)(F)F. The zero-order valence-corrected chi connectivity index (χ0v) is 80.8. The van der Waals surface area contributed by atoms with Crippen LogP contribution in [0, 0.1) is 17.3 Å². The molecular formula is C108H123F3O12S6+6. The summed E-state index contributed by atoms with van der Waals surface area (Å²) in [7, 11) is 1.91. The van der Waals surface area contributed by atoms with Gasteiger partial charge in [0.25, 0.3) is 0 Å². The number of hydrogen-bond acceptors (Lipinski definition) is 12. The Kier molecular flexibility index (Phi) is 35.4. The molecule has 0 atom stereocenters. The number of alkyl halides is 3. The van der Waals surface area contributed by atoms with Crippen molar-refractivity contribution in [3.8, 4) is 34.5 Å². The van der Waals surface area contributed by atoms with Gasteiger partial charge in [0.2, 0.25) is 0 Å². The second-order valence-corrected chi connectivity index (χ2v) is 48.1. The molecule has 6 aliphatic heterocycles. The molecular weight excluding hydrogens is 1740 g/mol. The molecule has 6 aliphatic rings. The van der Waals surface area contributed by atoms with E-state index in [9.17, 15) is 41.9 Å². The largest absolute Gasteiger partial charge is 0.491 e. The summed E-state index contributed by atoms with van der Waals surface area (Å²) in [5, 5.41) is 13.0. The monoisotopic (exact) mass is 1860 g/mol. The highest BCUT2D eigenvalue weighted by atomic mass is 32.2. The molecule has 6 saturated heterocycles. The van der Waals surface area contributed by atoms with Gasteiger partial charge in [-0.05, 0) is 226 Å². The molecule has 6 heterocycles. The first kappa shape index (κ1) is 97.4. The van der Waals surface area contributed by atoms with Crippen LogP contribution in [0.25, 0.3) is 64.6 Å². The fourth-order valence-corrected chi connectivity index (χ4v) is 31.5. The lowest BCUT2D eigenvalue weighted by Gasteiger charge is -2.19. The van der Waals surface area contributed by atoms with E-state index in [4.69, 9.17) is 23.7 Å². The van der Waals surface area contributed by atoms with E-state index in [1.165, 1.54) is 211 Å². The first-order valence-electron chi connectivity index (χ1n) is 45.9. The van der Waals surface area contributed by atoms with Gasteiger partial charge in [-0.3, -0.25) is 24.0 Å². The van der Waals surface area contributed by atoms with E-state index < -0.39 is 17.6 Å². The van der Waals surface area contributed by atoms with Gasteiger partial charge in [-0.15, -0.1) is 0 Å². The van der Waals surface area contributed by atoms with Gasteiger partial charge < -0.3 is 28.4 Å². The number of fused-ring (bicyclic) bond motifs is 6. The van der Waals surface area contributed by atoms with E-state index in [-0.39, 0.29) is 58.3 Å². The first-order chi connectivity index (χ1) is 62.3. The predicted octanol–water partition coefficient (Wildman–Crippen LogP) is 26.0. The predicted molar refractivity (Wildman–Crippen MR) is 535 cm³/mol. The molecule has 12 aromatic carbocycles. The quantitative estimate of drug-likeness (QED) is 0.0513. The van der Waals surface area contributed by atoms with Gasteiger partial charge in [0, 0.05) is 143 Å². The fraction of sp³-hybridized carbons (Fsp3) is 0.389. The summed E-state index contributed by atoms with van der Waals surface area (Å²) in [4.78, 5) is 78.6. The highest BCUT2D eigenvalue weighted by Crippen LogP contribution is 2.43. The maximum atomic E-state index is 12.4. The number of ether oxygens (including phenoxy) is 6. The molecule has 6 fully saturated rings. The Morgan fingerprint density at radius 2 is 0.434 bits per heavy atom. The van der Waals surface area contributed by atoms with E-state index in [0.29, 0.717) is 101 Å². The minimum atomic E-state index is -4.99. The number of benzene rings is 12. The van der Waals surface area contributed by atoms with E-state index in [2.05, 4.69) is 126 Å². The zero-order valence-electron chi connectivity index (χ0n) is 75.9. The van der Waals surface area contributed by atoms with Crippen LogP contribution in [-0.4, -0.2) is 111 Å². The third-order valence-corrected chi connectivity index (χ3v) is 38.8. The van der Waals surface area contributed by atoms with Crippen molar-refractivity contribution in [1.29, 1.82) is 0 Å². The summed E-state index contributed by atoms with van der Waals surface area (Å²) in [5.74, 6) is 15.4. The molecule has 0 aliphatic carbocycles. The molecule has 0 spiro atoms. The molecule has 12 nitrogen and oxygen atoms in total. The Hall–Kier alpha value is -9.09. The third-order valence-electron chi connectivity index (χ3n) is 23.5. The number of halogens is 3. The highest BCUT2D eigenvalue weighted by Gasteiger charge is 2.43. The highest BCUT2D eigenvalue weighted by molar-refractivity contribution is 7.98. The number of hydrogen-bond donors (Lipinski definition) is 0. The van der Waals surface area contributed by atoms with Crippen LogP contribution in [0.1, 0.15) is 171 Å². The van der Waals surface area contributed by atoms with Crippen LogP contribution in [0.15, 0.2) is 248 Å². The first-order valence-corrected chi connectivity index (χ1v) is 55.2. The molecule has 21 heteroatoms. The van der Waals surface area contributed by atoms with E-state index in [0.717, 1.165) is 48.7 Å². The molecule has 0 amide bonds. The Bertz CT molecular complexity index is 5870. The van der Waals surface area contributed by atoms with Crippen molar-refractivity contribution in [3.05, 3.63) is 218 Å². The maximum absolute atomic E-state index is 12.4. The molecule has 678 valence electrons. The standard InChI is InChI=1S/C20H25O2S.C19H23O2S.2C18H21O2S.C17H19O2S.C16H14F3O2S/c1-20(2,3)19(21)22-17-11-12-18(23-13-7-4-8-14-23)16-10-6-5-9-15(16)17;1-14(2)19(20)21-17-10-11-18(22-12-6-3-7-13-22)16-9-5-4-8-15(16)17;1-13(2)18(19)20-16-9-10-17(21-11-5-6-12-21)15-8-4-3-7-14(15)16;1-2-18(19)20-16-10-11-17(21-12-6-3-7-13-21)15-9-5-4-8-14(15)16;1-2-17(18)19-15-9-10-16(20-11-5-6-12-20)14-8-4-3-7-13(14)15;17-16(18,19)15(20)21-13-7-8-14(22-9-3-4-10-22)12-6-2-1-5-11(12)13/h5-6,9-12H,4,7-8,13-14H2,1-3H3;4-5,8-11,14H,3,6-7,12-13H2,1-2H3;3-4,7-10,13H,5-6,11-12H2,1-2H3;4-5,8-11H,2-3,6-7,12-13H2,1H3;3-4,7-10H,2,5-6,11-12H2,1H3;1-2,5-8H,3-4,9-10H2/q6*+1.